The van der Waals surface area contributed by atoms with Crippen molar-refractivity contribution in [2.24, 2.45) is 17.6 Å². The average molecular weight is 386 g/mol. The van der Waals surface area contributed by atoms with E-state index in [4.69, 9.17) is 28.9 Å². The fraction of sp³-hybridized carbons (Fsp3) is 0.611. The number of piperidine rings is 1. The van der Waals surface area contributed by atoms with Crippen molar-refractivity contribution < 1.29 is 9.90 Å². The summed E-state index contributed by atoms with van der Waals surface area (Å²) in [5, 5.41) is 10.8. The Kier molecular flexibility index (Phi) is 5.78. The van der Waals surface area contributed by atoms with Crippen LogP contribution in [0.3, 0.4) is 0 Å². The molecule has 5 nitrogen and oxygen atoms in total. The van der Waals surface area contributed by atoms with E-state index in [-0.39, 0.29) is 29.5 Å². The van der Waals surface area contributed by atoms with E-state index >= 15 is 0 Å². The first-order valence-electron chi connectivity index (χ1n) is 8.77. The van der Waals surface area contributed by atoms with Gasteiger partial charge in [-0.05, 0) is 44.8 Å². The van der Waals surface area contributed by atoms with Gasteiger partial charge in [0.2, 0.25) is 5.91 Å². The lowest BCUT2D eigenvalue weighted by Crippen LogP contribution is -2.44. The number of aromatic hydroxyl groups is 1. The average Bonchev–Trinajstić information content (AvgIpc) is 3.03. The summed E-state index contributed by atoms with van der Waals surface area (Å²) in [5.74, 6) is 0.691. The number of benzene rings is 1. The molecule has 0 unspecified atom stereocenters. The third-order valence-corrected chi connectivity index (χ3v) is 6.25. The third kappa shape index (κ3) is 4.05. The van der Waals surface area contributed by atoms with Crippen LogP contribution in [-0.2, 0) is 4.79 Å². The van der Waals surface area contributed by atoms with Crippen LogP contribution in [0.1, 0.15) is 30.9 Å². The summed E-state index contributed by atoms with van der Waals surface area (Å²) >= 11 is 12.0. The zero-order chi connectivity index (χ0) is 18.1. The lowest BCUT2D eigenvalue weighted by Gasteiger charge is -2.36. The van der Waals surface area contributed by atoms with E-state index < -0.39 is 0 Å². The molecular formula is C18H25Cl2N3O2. The van der Waals surface area contributed by atoms with Crippen LogP contribution in [-0.4, -0.2) is 54.0 Å². The van der Waals surface area contributed by atoms with Gasteiger partial charge in [-0.25, -0.2) is 0 Å². The molecule has 7 heteroatoms. The fourth-order valence-electron chi connectivity index (χ4n) is 3.95. The summed E-state index contributed by atoms with van der Waals surface area (Å²) in [7, 11) is 2.06. The summed E-state index contributed by atoms with van der Waals surface area (Å²) in [6, 6.07) is 2.77. The molecule has 0 saturated carbocycles. The van der Waals surface area contributed by atoms with Gasteiger partial charge in [-0.1, -0.05) is 23.2 Å². The van der Waals surface area contributed by atoms with E-state index in [2.05, 4.69) is 11.9 Å². The second kappa shape index (κ2) is 7.70. The molecule has 2 aliphatic rings. The zero-order valence-electron chi connectivity index (χ0n) is 14.4. The van der Waals surface area contributed by atoms with Crippen LogP contribution in [0, 0.1) is 11.8 Å². The molecule has 2 saturated heterocycles. The van der Waals surface area contributed by atoms with Crippen molar-refractivity contribution in [2.45, 2.75) is 25.3 Å². The molecule has 3 rings (SSSR count). The lowest BCUT2D eigenvalue weighted by molar-refractivity contribution is -0.136. The molecule has 0 aliphatic carbocycles. The van der Waals surface area contributed by atoms with Gasteiger partial charge in [-0.3, -0.25) is 4.79 Å². The minimum atomic E-state index is -0.315. The molecule has 25 heavy (non-hydrogen) atoms. The maximum Gasteiger partial charge on any atom is 0.227 e. The number of carbonyl (C=O) groups is 1. The van der Waals surface area contributed by atoms with Gasteiger partial charge >= 0.3 is 0 Å². The molecule has 1 aromatic carbocycles. The highest BCUT2D eigenvalue weighted by Crippen LogP contribution is 2.38. The van der Waals surface area contributed by atoms with Crippen molar-refractivity contribution in [1.29, 1.82) is 0 Å². The maximum absolute atomic E-state index is 12.6. The number of nitrogens with zero attached hydrogens (tertiary/aromatic N) is 2. The number of likely N-dealkylation sites (tertiary alicyclic amines) is 2. The van der Waals surface area contributed by atoms with Crippen molar-refractivity contribution in [3.8, 4) is 5.75 Å². The zero-order valence-corrected chi connectivity index (χ0v) is 15.9. The summed E-state index contributed by atoms with van der Waals surface area (Å²) in [6.45, 7) is 3.29. The Morgan fingerprint density at radius 1 is 1.20 bits per heavy atom. The molecule has 138 valence electrons. The molecule has 3 N–H and O–H groups in total. The minimum Gasteiger partial charge on any atom is -0.508 e. The van der Waals surface area contributed by atoms with E-state index in [1.165, 1.54) is 6.07 Å². The number of hydrogen-bond acceptors (Lipinski definition) is 4. The highest BCUT2D eigenvalue weighted by molar-refractivity contribution is 6.42. The number of halogens is 2. The van der Waals surface area contributed by atoms with Gasteiger partial charge in [0.1, 0.15) is 5.75 Å². The predicted octanol–water partition coefficient (Wildman–Crippen LogP) is 2.89. The molecule has 0 spiro atoms. The second-order valence-corrected chi connectivity index (χ2v) is 8.08. The maximum atomic E-state index is 12.6. The Morgan fingerprint density at radius 3 is 2.44 bits per heavy atom. The number of amides is 1. The van der Waals surface area contributed by atoms with Gasteiger partial charge in [0.05, 0.1) is 16.0 Å². The van der Waals surface area contributed by atoms with Gasteiger partial charge in [0, 0.05) is 37.3 Å². The smallest absolute Gasteiger partial charge is 0.227 e. The lowest BCUT2D eigenvalue weighted by atomic mass is 9.85. The second-order valence-electron chi connectivity index (χ2n) is 7.26. The first-order chi connectivity index (χ1) is 11.9. The SMILES string of the molecule is CN1CC[C@H](C(=O)N2CCC([C@@H](N)c3cc(Cl)c(Cl)cc3O)CC2)C1. The molecule has 1 aromatic rings. The van der Waals surface area contributed by atoms with E-state index in [0.29, 0.717) is 15.6 Å². The van der Waals surface area contributed by atoms with E-state index in [1.54, 1.807) is 6.07 Å². The van der Waals surface area contributed by atoms with Crippen molar-refractivity contribution in [1.82, 2.24) is 9.80 Å². The molecule has 2 heterocycles. The highest BCUT2D eigenvalue weighted by Gasteiger charge is 2.33. The molecule has 0 bridgehead atoms. The van der Waals surface area contributed by atoms with E-state index in [1.807, 2.05) is 4.90 Å². The van der Waals surface area contributed by atoms with Crippen LogP contribution >= 0.6 is 23.2 Å². The molecule has 0 aromatic heterocycles. The Bertz CT molecular complexity index is 647. The van der Waals surface area contributed by atoms with Gasteiger partial charge in [0.15, 0.2) is 0 Å². The Balaban J connectivity index is 1.60. The fourth-order valence-corrected chi connectivity index (χ4v) is 4.28. The van der Waals surface area contributed by atoms with E-state index in [0.717, 1.165) is 45.4 Å². The Hall–Kier alpha value is -1.01. The van der Waals surface area contributed by atoms with Crippen LogP contribution < -0.4 is 5.73 Å². The number of carbonyl (C=O) groups excluding carboxylic acids is 1. The van der Waals surface area contributed by atoms with Crippen LogP contribution in [0.15, 0.2) is 12.1 Å². The minimum absolute atomic E-state index is 0.0781. The Morgan fingerprint density at radius 2 is 1.84 bits per heavy atom. The third-order valence-electron chi connectivity index (χ3n) is 5.53. The normalized spacial score (nSPS) is 23.8. The van der Waals surface area contributed by atoms with Crippen LogP contribution in [0.4, 0.5) is 0 Å². The topological polar surface area (TPSA) is 69.8 Å². The summed E-state index contributed by atoms with van der Waals surface area (Å²) < 4.78 is 0. The van der Waals surface area contributed by atoms with Gasteiger partial charge in [0.25, 0.3) is 0 Å². The largest absolute Gasteiger partial charge is 0.508 e. The number of rotatable bonds is 3. The van der Waals surface area contributed by atoms with Crippen molar-refractivity contribution >= 4 is 29.1 Å². The molecule has 2 aliphatic heterocycles. The summed E-state index contributed by atoms with van der Waals surface area (Å²) in [5.41, 5.74) is 7.00. The standard InChI is InChI=1S/C18H25Cl2N3O2/c1-22-5-2-12(10-22)18(25)23-6-3-11(4-7-23)17(21)13-8-14(19)15(20)9-16(13)24/h8-9,11-12,17,24H,2-7,10,21H2,1H3/t12-,17+/m0/s1. The van der Waals surface area contributed by atoms with Crippen LogP contribution in [0.5, 0.6) is 5.75 Å². The monoisotopic (exact) mass is 385 g/mol. The van der Waals surface area contributed by atoms with Crippen molar-refractivity contribution in [3.63, 3.8) is 0 Å². The molecule has 2 atom stereocenters. The van der Waals surface area contributed by atoms with Crippen LogP contribution in [0.2, 0.25) is 10.0 Å². The highest BCUT2D eigenvalue weighted by atomic mass is 35.5. The first-order valence-corrected chi connectivity index (χ1v) is 9.53. The number of phenols is 1. The van der Waals surface area contributed by atoms with Gasteiger partial charge < -0.3 is 20.6 Å². The molecule has 0 radical (unpaired) electrons. The van der Waals surface area contributed by atoms with Crippen LogP contribution in [0.25, 0.3) is 0 Å². The van der Waals surface area contributed by atoms with Crippen molar-refractivity contribution in [3.05, 3.63) is 27.7 Å². The number of phenolic OH excluding ortho intramolecular Hbond substituents is 1. The molecule has 2 fully saturated rings. The molecule has 1 amide bonds. The summed E-state index contributed by atoms with van der Waals surface area (Å²) in [6.07, 6.45) is 2.61. The number of nitrogens with two attached hydrogens (primary N) is 1. The van der Waals surface area contributed by atoms with Crippen molar-refractivity contribution in [2.75, 3.05) is 33.2 Å². The number of hydrogen-bond donors (Lipinski definition) is 2. The predicted molar refractivity (Wildman–Crippen MR) is 100.0 cm³/mol. The quantitative estimate of drug-likeness (QED) is 0.838. The summed E-state index contributed by atoms with van der Waals surface area (Å²) in [4.78, 5) is 16.8. The first kappa shape index (κ1) is 18.8. The van der Waals surface area contributed by atoms with Gasteiger partial charge in [-0.2, -0.15) is 0 Å². The molecular weight excluding hydrogens is 361 g/mol. The van der Waals surface area contributed by atoms with Gasteiger partial charge in [-0.15, -0.1) is 0 Å². The Labute approximate surface area is 158 Å². The van der Waals surface area contributed by atoms with E-state index in [9.17, 15) is 9.90 Å².